The van der Waals surface area contributed by atoms with E-state index in [9.17, 15) is 4.79 Å². The first-order chi connectivity index (χ1) is 17.0. The fourth-order valence-corrected chi connectivity index (χ4v) is 4.41. The van der Waals surface area contributed by atoms with Crippen LogP contribution in [-0.2, 0) is 11.4 Å². The molecule has 3 aromatic carbocycles. The van der Waals surface area contributed by atoms with E-state index in [4.69, 9.17) is 4.74 Å². The number of benzene rings is 3. The normalized spacial score (nSPS) is 14.8. The molecule has 0 aliphatic carbocycles. The van der Waals surface area contributed by atoms with Crippen molar-refractivity contribution in [1.82, 2.24) is 20.2 Å². The van der Waals surface area contributed by atoms with Crippen LogP contribution in [0, 0.1) is 6.92 Å². The third kappa shape index (κ3) is 4.81. The summed E-state index contributed by atoms with van der Waals surface area (Å²) in [7, 11) is 0. The molecule has 2 heterocycles. The van der Waals surface area contributed by atoms with E-state index in [1.165, 1.54) is 0 Å². The predicted molar refractivity (Wildman–Crippen MR) is 137 cm³/mol. The minimum atomic E-state index is -0.602. The second-order valence-corrected chi connectivity index (χ2v) is 9.21. The molecule has 1 aromatic heterocycles. The Morgan fingerprint density at radius 2 is 1.86 bits per heavy atom. The van der Waals surface area contributed by atoms with Crippen LogP contribution in [0.4, 0.5) is 11.6 Å². The van der Waals surface area contributed by atoms with Crippen LogP contribution in [0.2, 0.25) is 0 Å². The molecule has 1 unspecified atom stereocenters. The number of rotatable bonds is 6. The number of allylic oxidation sites excluding steroid dienone is 1. The number of nitrogens with one attached hydrogen (secondary N) is 2. The van der Waals surface area contributed by atoms with E-state index in [-0.39, 0.29) is 5.91 Å². The fourth-order valence-electron chi connectivity index (χ4n) is 4.03. The van der Waals surface area contributed by atoms with E-state index in [1.807, 2.05) is 86.6 Å². The Morgan fingerprint density at radius 3 is 2.63 bits per heavy atom. The highest BCUT2D eigenvalue weighted by atomic mass is 79.9. The van der Waals surface area contributed by atoms with Gasteiger partial charge in [-0.1, -0.05) is 69.1 Å². The number of fused-ring (bicyclic) bond motifs is 1. The van der Waals surface area contributed by atoms with Crippen LogP contribution < -0.4 is 15.4 Å². The van der Waals surface area contributed by atoms with Gasteiger partial charge < -0.3 is 15.4 Å². The van der Waals surface area contributed by atoms with Crippen LogP contribution in [0.5, 0.6) is 5.75 Å². The molecule has 1 atom stereocenters. The van der Waals surface area contributed by atoms with Gasteiger partial charge in [0.15, 0.2) is 0 Å². The van der Waals surface area contributed by atoms with Crippen LogP contribution >= 0.6 is 15.9 Å². The van der Waals surface area contributed by atoms with E-state index in [2.05, 4.69) is 42.1 Å². The lowest BCUT2D eigenvalue weighted by Crippen LogP contribution is -2.31. The lowest BCUT2D eigenvalue weighted by atomic mass is 9.94. The summed E-state index contributed by atoms with van der Waals surface area (Å²) in [5.74, 6) is 0.839. The van der Waals surface area contributed by atoms with Crippen molar-refractivity contribution in [3.63, 3.8) is 0 Å². The van der Waals surface area contributed by atoms with Gasteiger partial charge in [-0.2, -0.15) is 4.68 Å². The molecule has 1 aliphatic heterocycles. The van der Waals surface area contributed by atoms with Gasteiger partial charge in [0.1, 0.15) is 18.4 Å². The Bertz CT molecular complexity index is 1400. The lowest BCUT2D eigenvalue weighted by Gasteiger charge is -2.29. The number of aryl methyl sites for hydroxylation is 1. The molecule has 0 saturated heterocycles. The molecule has 9 heteroatoms. The highest BCUT2D eigenvalue weighted by molar-refractivity contribution is 9.10. The maximum atomic E-state index is 13.6. The molecule has 2 N–H and O–H groups in total. The maximum Gasteiger partial charge on any atom is 0.255 e. The van der Waals surface area contributed by atoms with Crippen molar-refractivity contribution in [2.75, 3.05) is 10.6 Å². The molecule has 5 rings (SSSR count). The number of hydrogen-bond donors (Lipinski definition) is 2. The maximum absolute atomic E-state index is 13.6. The van der Waals surface area contributed by atoms with Crippen molar-refractivity contribution >= 4 is 33.5 Å². The number of nitrogens with zero attached hydrogens (tertiary/aromatic N) is 4. The molecule has 0 radical (unpaired) electrons. The van der Waals surface area contributed by atoms with Gasteiger partial charge in [0, 0.05) is 21.4 Å². The summed E-state index contributed by atoms with van der Waals surface area (Å²) in [6.07, 6.45) is 0. The lowest BCUT2D eigenvalue weighted by molar-refractivity contribution is -0.113. The summed E-state index contributed by atoms with van der Waals surface area (Å²) in [5.41, 5.74) is 4.78. The highest BCUT2D eigenvalue weighted by Gasteiger charge is 2.36. The average molecular weight is 531 g/mol. The van der Waals surface area contributed by atoms with Gasteiger partial charge in [0.2, 0.25) is 5.95 Å². The summed E-state index contributed by atoms with van der Waals surface area (Å²) in [6, 6.07) is 22.7. The van der Waals surface area contributed by atoms with E-state index in [0.717, 1.165) is 21.2 Å². The van der Waals surface area contributed by atoms with Gasteiger partial charge in [0.05, 0.1) is 5.57 Å². The molecule has 0 saturated carbocycles. The van der Waals surface area contributed by atoms with E-state index in [0.29, 0.717) is 35.3 Å². The zero-order valence-electron chi connectivity index (χ0n) is 19.2. The van der Waals surface area contributed by atoms with E-state index < -0.39 is 6.04 Å². The molecule has 0 fully saturated rings. The topological polar surface area (TPSA) is 94.0 Å². The summed E-state index contributed by atoms with van der Waals surface area (Å²) in [5, 5.41) is 18.3. The van der Waals surface area contributed by atoms with Crippen molar-refractivity contribution in [3.8, 4) is 5.75 Å². The number of hydrogen-bond acceptors (Lipinski definition) is 6. The quantitative estimate of drug-likeness (QED) is 0.353. The molecule has 0 spiro atoms. The van der Waals surface area contributed by atoms with Gasteiger partial charge in [-0.25, -0.2) is 0 Å². The Labute approximate surface area is 211 Å². The zero-order chi connectivity index (χ0) is 24.4. The largest absolute Gasteiger partial charge is 0.489 e. The van der Waals surface area contributed by atoms with Crippen molar-refractivity contribution in [1.29, 1.82) is 0 Å². The predicted octanol–water partition coefficient (Wildman–Crippen LogP) is 5.25. The van der Waals surface area contributed by atoms with Gasteiger partial charge >= 0.3 is 0 Å². The number of carbonyl (C=O) groups is 1. The van der Waals surface area contributed by atoms with Crippen molar-refractivity contribution in [2.24, 2.45) is 0 Å². The van der Waals surface area contributed by atoms with Crippen LogP contribution in [0.15, 0.2) is 88.5 Å². The fraction of sp³-hybridized carbons (Fsp3) is 0.154. The van der Waals surface area contributed by atoms with Crippen molar-refractivity contribution in [3.05, 3.63) is 105 Å². The summed E-state index contributed by atoms with van der Waals surface area (Å²) >= 11 is 3.57. The van der Waals surface area contributed by atoms with Gasteiger partial charge in [-0.15, -0.1) is 0 Å². The van der Waals surface area contributed by atoms with Gasteiger partial charge in [0.25, 0.3) is 5.91 Å². The first kappa shape index (κ1) is 22.8. The smallest absolute Gasteiger partial charge is 0.255 e. The molecule has 8 nitrogen and oxygen atoms in total. The minimum Gasteiger partial charge on any atom is -0.489 e. The van der Waals surface area contributed by atoms with E-state index in [1.54, 1.807) is 4.68 Å². The third-order valence-electron chi connectivity index (χ3n) is 5.77. The molecule has 1 amide bonds. The molecule has 1 aliphatic rings. The molecule has 176 valence electrons. The Kier molecular flexibility index (Phi) is 6.33. The molecule has 0 bridgehead atoms. The first-order valence-corrected chi connectivity index (χ1v) is 11.9. The second kappa shape index (κ2) is 9.71. The molecule has 35 heavy (non-hydrogen) atoms. The SMILES string of the molecule is CC1=C(C(=O)Nc2ccc(C)cc2)C(c2cc(Br)ccc2OCc2ccccc2)n2nnnc2N1. The van der Waals surface area contributed by atoms with Crippen LogP contribution in [0.25, 0.3) is 0 Å². The highest BCUT2D eigenvalue weighted by Crippen LogP contribution is 2.40. The summed E-state index contributed by atoms with van der Waals surface area (Å²) in [6.45, 7) is 4.23. The number of carbonyl (C=O) groups excluding carboxylic acids is 1. The number of halogens is 1. The number of amides is 1. The van der Waals surface area contributed by atoms with Crippen LogP contribution in [-0.4, -0.2) is 26.1 Å². The minimum absolute atomic E-state index is 0.251. The molecular formula is C26H23BrN6O2. The Hall–Kier alpha value is -3.98. The average Bonchev–Trinajstić information content (AvgIpc) is 3.32. The molecule has 4 aromatic rings. The van der Waals surface area contributed by atoms with Gasteiger partial charge in [-0.05, 0) is 60.2 Å². The first-order valence-electron chi connectivity index (χ1n) is 11.1. The monoisotopic (exact) mass is 530 g/mol. The number of tetrazole rings is 1. The van der Waals surface area contributed by atoms with Crippen LogP contribution in [0.1, 0.15) is 29.7 Å². The second-order valence-electron chi connectivity index (χ2n) is 8.29. The van der Waals surface area contributed by atoms with Crippen molar-refractivity contribution in [2.45, 2.75) is 26.5 Å². The van der Waals surface area contributed by atoms with Crippen molar-refractivity contribution < 1.29 is 9.53 Å². The Balaban J connectivity index is 1.55. The molecular weight excluding hydrogens is 508 g/mol. The summed E-state index contributed by atoms with van der Waals surface area (Å²) in [4.78, 5) is 13.6. The number of anilines is 2. The summed E-state index contributed by atoms with van der Waals surface area (Å²) < 4.78 is 8.70. The number of ether oxygens (including phenoxy) is 1. The van der Waals surface area contributed by atoms with Gasteiger partial charge in [-0.3, -0.25) is 4.79 Å². The standard InChI is InChI=1S/C26H23BrN6O2/c1-16-8-11-20(12-9-16)29-25(34)23-17(2)28-26-30-31-32-33(26)24(23)21-14-19(27)10-13-22(21)35-15-18-6-4-3-5-7-18/h3-14,24H,15H2,1-2H3,(H,29,34)(H,28,30,32). The third-order valence-corrected chi connectivity index (χ3v) is 6.27. The van der Waals surface area contributed by atoms with E-state index >= 15 is 0 Å². The number of aromatic nitrogens is 4. The Morgan fingerprint density at radius 1 is 1.09 bits per heavy atom. The van der Waals surface area contributed by atoms with Crippen LogP contribution in [0.3, 0.4) is 0 Å². The zero-order valence-corrected chi connectivity index (χ0v) is 20.8.